The van der Waals surface area contributed by atoms with Crippen LogP contribution < -0.4 is 11.1 Å². The second-order valence-corrected chi connectivity index (χ2v) is 7.66. The van der Waals surface area contributed by atoms with Gasteiger partial charge < -0.3 is 26.0 Å². The van der Waals surface area contributed by atoms with Crippen LogP contribution in [0.5, 0.6) is 0 Å². The van der Waals surface area contributed by atoms with Gasteiger partial charge in [0.15, 0.2) is 0 Å². The minimum atomic E-state index is -1.09. The van der Waals surface area contributed by atoms with Gasteiger partial charge in [0.1, 0.15) is 5.60 Å². The highest BCUT2D eigenvalue weighted by Crippen LogP contribution is 2.37. The third-order valence-electron chi connectivity index (χ3n) is 4.84. The Kier molecular flexibility index (Phi) is 7.04. The second-order valence-electron chi connectivity index (χ2n) is 7.66. The predicted octanol–water partition coefficient (Wildman–Crippen LogP) is 1.72. The number of aliphatic carboxylic acids is 1. The van der Waals surface area contributed by atoms with Crippen molar-refractivity contribution in [3.63, 3.8) is 0 Å². The molecule has 1 aliphatic rings. The average Bonchev–Trinajstić information content (AvgIpc) is 2.74. The molecule has 1 fully saturated rings. The maximum Gasteiger partial charge on any atom is 0.407 e. The van der Waals surface area contributed by atoms with Gasteiger partial charge in [0.05, 0.1) is 12.0 Å². The lowest BCUT2D eigenvalue weighted by Gasteiger charge is -2.33. The molecular weight excluding hydrogens is 312 g/mol. The molecule has 0 aromatic rings. The first-order valence-electron chi connectivity index (χ1n) is 8.67. The molecule has 0 heterocycles. The van der Waals surface area contributed by atoms with Gasteiger partial charge in [0, 0.05) is 18.0 Å². The fraction of sp³-hybridized carbons (Fsp3) is 0.882. The summed E-state index contributed by atoms with van der Waals surface area (Å²) < 4.78 is 5.25. The van der Waals surface area contributed by atoms with Gasteiger partial charge >= 0.3 is 12.1 Å². The van der Waals surface area contributed by atoms with Gasteiger partial charge in [-0.2, -0.15) is 0 Å². The van der Waals surface area contributed by atoms with E-state index in [0.717, 1.165) is 12.8 Å². The van der Waals surface area contributed by atoms with Crippen molar-refractivity contribution in [2.75, 3.05) is 0 Å². The van der Waals surface area contributed by atoms with Crippen LogP contribution in [-0.2, 0) is 9.53 Å². The van der Waals surface area contributed by atoms with Gasteiger partial charge in [-0.1, -0.05) is 26.7 Å². The number of ether oxygens (including phenoxy) is 1. The van der Waals surface area contributed by atoms with Crippen molar-refractivity contribution >= 4 is 12.1 Å². The summed E-state index contributed by atoms with van der Waals surface area (Å²) in [7, 11) is 0. The van der Waals surface area contributed by atoms with Crippen molar-refractivity contribution in [3.05, 3.63) is 0 Å². The number of alkyl carbamates (subject to hydrolysis) is 1. The van der Waals surface area contributed by atoms with Crippen LogP contribution in [-0.4, -0.2) is 46.1 Å². The topological polar surface area (TPSA) is 122 Å². The number of carbonyl (C=O) groups is 2. The Hall–Kier alpha value is -1.34. The minimum Gasteiger partial charge on any atom is -0.481 e. The Bertz CT molecular complexity index is 445. The summed E-state index contributed by atoms with van der Waals surface area (Å²) in [6.07, 6.45) is 0.106. The summed E-state index contributed by atoms with van der Waals surface area (Å²) in [5, 5.41) is 22.5. The summed E-state index contributed by atoms with van der Waals surface area (Å²) in [5.74, 6) is -2.36. The maximum atomic E-state index is 12.1. The van der Waals surface area contributed by atoms with Crippen LogP contribution in [0.4, 0.5) is 4.79 Å². The number of carbonyl (C=O) groups excluding carboxylic acids is 1. The normalized spacial score (nSPS) is 28.7. The summed E-state index contributed by atoms with van der Waals surface area (Å²) >= 11 is 0. The Balaban J connectivity index is 2.96. The third kappa shape index (κ3) is 5.08. The molecule has 0 spiro atoms. The number of nitrogens with two attached hydrogens (primary N) is 1. The minimum absolute atomic E-state index is 0.147. The molecule has 0 aromatic heterocycles. The Morgan fingerprint density at radius 3 is 2.25 bits per heavy atom. The molecule has 7 heteroatoms. The van der Waals surface area contributed by atoms with Crippen LogP contribution in [0.15, 0.2) is 0 Å². The van der Waals surface area contributed by atoms with E-state index in [1.165, 1.54) is 0 Å². The Morgan fingerprint density at radius 2 is 1.83 bits per heavy atom. The van der Waals surface area contributed by atoms with Crippen LogP contribution in [0.1, 0.15) is 53.9 Å². The number of amides is 1. The molecule has 5 N–H and O–H groups in total. The van der Waals surface area contributed by atoms with E-state index in [0.29, 0.717) is 0 Å². The molecule has 140 valence electrons. The van der Waals surface area contributed by atoms with E-state index in [9.17, 15) is 19.8 Å². The van der Waals surface area contributed by atoms with Gasteiger partial charge in [-0.15, -0.1) is 0 Å². The number of aliphatic hydroxyl groups excluding tert-OH is 1. The number of carboxylic acids is 1. The molecule has 5 atom stereocenters. The molecular formula is C17H32N2O5. The van der Waals surface area contributed by atoms with E-state index in [4.69, 9.17) is 10.5 Å². The highest BCUT2D eigenvalue weighted by atomic mass is 16.6. The molecule has 1 rings (SSSR count). The second kappa shape index (κ2) is 8.16. The van der Waals surface area contributed by atoms with Crippen LogP contribution in [0.2, 0.25) is 0 Å². The van der Waals surface area contributed by atoms with E-state index in [1.54, 1.807) is 20.8 Å². The number of nitrogens with one attached hydrogen (secondary N) is 1. The van der Waals surface area contributed by atoms with Crippen molar-refractivity contribution in [3.8, 4) is 0 Å². The summed E-state index contributed by atoms with van der Waals surface area (Å²) in [6.45, 7) is 9.29. The van der Waals surface area contributed by atoms with Crippen molar-refractivity contribution in [2.45, 2.75) is 77.7 Å². The molecule has 0 radical (unpaired) electrons. The molecule has 7 nitrogen and oxygen atoms in total. The van der Waals surface area contributed by atoms with Crippen molar-refractivity contribution in [1.29, 1.82) is 0 Å². The summed E-state index contributed by atoms with van der Waals surface area (Å²) in [4.78, 5) is 23.5. The van der Waals surface area contributed by atoms with Gasteiger partial charge in [0.2, 0.25) is 0 Å². The fourth-order valence-electron chi connectivity index (χ4n) is 3.58. The maximum absolute atomic E-state index is 12.1. The molecule has 1 unspecified atom stereocenters. The molecule has 1 amide bonds. The van der Waals surface area contributed by atoms with Gasteiger partial charge in [0.25, 0.3) is 0 Å². The highest BCUT2D eigenvalue weighted by molar-refractivity contribution is 5.72. The molecule has 0 aromatic carbocycles. The largest absolute Gasteiger partial charge is 0.481 e. The predicted molar refractivity (Wildman–Crippen MR) is 90.4 cm³/mol. The first-order valence-corrected chi connectivity index (χ1v) is 8.67. The smallest absolute Gasteiger partial charge is 0.407 e. The molecule has 24 heavy (non-hydrogen) atoms. The number of hydrogen-bond donors (Lipinski definition) is 4. The number of aliphatic hydroxyl groups is 1. The van der Waals surface area contributed by atoms with Gasteiger partial charge in [-0.05, 0) is 33.1 Å². The molecule has 0 bridgehead atoms. The molecule has 1 saturated carbocycles. The quantitative estimate of drug-likeness (QED) is 0.582. The standard InChI is InChI=1S/C17H32N2O5/c1-6-9(7-2)13(18)12-11(8-10(14(12)20)15(21)22)19-16(23)24-17(3,4)5/h9-14,20H,6-8,18H2,1-5H3,(H,19,23)(H,21,22)/t10-,11+,12+,13?,14+/m0/s1. The Morgan fingerprint density at radius 1 is 1.29 bits per heavy atom. The van der Waals surface area contributed by atoms with Crippen molar-refractivity contribution < 1.29 is 24.5 Å². The lowest BCUT2D eigenvalue weighted by Crippen LogP contribution is -2.51. The number of carboxylic acid groups (broad SMARTS) is 1. The van der Waals surface area contributed by atoms with Gasteiger partial charge in [-0.25, -0.2) is 4.79 Å². The third-order valence-corrected chi connectivity index (χ3v) is 4.84. The van der Waals surface area contributed by atoms with E-state index < -0.39 is 41.6 Å². The van der Waals surface area contributed by atoms with E-state index >= 15 is 0 Å². The highest BCUT2D eigenvalue weighted by Gasteiger charge is 2.50. The first kappa shape index (κ1) is 20.7. The average molecular weight is 344 g/mol. The van der Waals surface area contributed by atoms with E-state index in [1.807, 2.05) is 13.8 Å². The van der Waals surface area contributed by atoms with E-state index in [-0.39, 0.29) is 18.4 Å². The molecule has 0 saturated heterocycles. The molecule has 0 aliphatic heterocycles. The van der Waals surface area contributed by atoms with Crippen molar-refractivity contribution in [1.82, 2.24) is 5.32 Å². The first-order chi connectivity index (χ1) is 11.0. The Labute approximate surface area is 143 Å². The van der Waals surface area contributed by atoms with Crippen LogP contribution in [0.3, 0.4) is 0 Å². The fourth-order valence-corrected chi connectivity index (χ4v) is 3.58. The van der Waals surface area contributed by atoms with Gasteiger partial charge in [-0.3, -0.25) is 4.79 Å². The number of hydrogen-bond acceptors (Lipinski definition) is 5. The van der Waals surface area contributed by atoms with Crippen LogP contribution >= 0.6 is 0 Å². The summed E-state index contributed by atoms with van der Waals surface area (Å²) in [5.41, 5.74) is 5.69. The van der Waals surface area contributed by atoms with E-state index in [2.05, 4.69) is 5.32 Å². The zero-order valence-electron chi connectivity index (χ0n) is 15.3. The van der Waals surface area contributed by atoms with Crippen LogP contribution in [0, 0.1) is 17.8 Å². The lowest BCUT2D eigenvalue weighted by molar-refractivity contribution is -0.145. The zero-order chi connectivity index (χ0) is 18.7. The lowest BCUT2D eigenvalue weighted by atomic mass is 9.81. The monoisotopic (exact) mass is 344 g/mol. The molecule has 1 aliphatic carbocycles. The number of rotatable bonds is 6. The SMILES string of the molecule is CCC(CC)C(N)[C@@H]1[C@H](O)[C@@H](C(=O)O)C[C@H]1NC(=O)OC(C)(C)C. The zero-order valence-corrected chi connectivity index (χ0v) is 15.3. The van der Waals surface area contributed by atoms with Crippen LogP contribution in [0.25, 0.3) is 0 Å². The van der Waals surface area contributed by atoms with Crippen molar-refractivity contribution in [2.24, 2.45) is 23.5 Å². The summed E-state index contributed by atoms with van der Waals surface area (Å²) in [6, 6.07) is -0.911.